The van der Waals surface area contributed by atoms with Gasteiger partial charge in [0, 0.05) is 50.0 Å². The number of hydrogen-bond acceptors (Lipinski definition) is 2. The molecule has 4 heteroatoms. The maximum Gasteiger partial charge on any atom is 0.0561 e. The molecule has 0 aliphatic carbocycles. The Morgan fingerprint density at radius 1 is 0.267 bits per heavy atom. The number of benzene rings is 9. The van der Waals surface area contributed by atoms with E-state index < -0.39 is 0 Å². The number of para-hydroxylation sites is 5. The van der Waals surface area contributed by atoms with E-state index in [1.54, 1.807) is 0 Å². The second-order valence-electron chi connectivity index (χ2n) is 15.6. The van der Waals surface area contributed by atoms with Crippen LogP contribution in [0.4, 0.5) is 34.1 Å². The van der Waals surface area contributed by atoms with E-state index in [0.29, 0.717) is 0 Å². The van der Waals surface area contributed by atoms with Gasteiger partial charge in [0.1, 0.15) is 0 Å². The minimum Gasteiger partial charge on any atom is -0.310 e. The predicted molar refractivity (Wildman–Crippen MR) is 254 cm³/mol. The van der Waals surface area contributed by atoms with Crippen LogP contribution in [-0.4, -0.2) is 9.13 Å². The van der Waals surface area contributed by atoms with Gasteiger partial charge in [0.15, 0.2) is 0 Å². The number of hydrogen-bond donors (Lipinski definition) is 0. The van der Waals surface area contributed by atoms with Crippen LogP contribution < -0.4 is 9.80 Å². The molecule has 0 bridgehead atoms. The summed E-state index contributed by atoms with van der Waals surface area (Å²) >= 11 is 0. The van der Waals surface area contributed by atoms with Crippen molar-refractivity contribution in [2.75, 3.05) is 9.80 Å². The Labute approximate surface area is 350 Å². The van der Waals surface area contributed by atoms with Gasteiger partial charge in [-0.25, -0.2) is 0 Å². The topological polar surface area (TPSA) is 16.3 Å². The van der Waals surface area contributed by atoms with Crippen LogP contribution in [0.1, 0.15) is 11.1 Å². The molecule has 9 aromatic carbocycles. The van der Waals surface area contributed by atoms with Crippen LogP contribution in [0.5, 0.6) is 0 Å². The van der Waals surface area contributed by atoms with Crippen molar-refractivity contribution in [3.8, 4) is 11.4 Å². The Morgan fingerprint density at radius 3 is 1.08 bits per heavy atom. The highest BCUT2D eigenvalue weighted by atomic mass is 15.2. The van der Waals surface area contributed by atoms with E-state index >= 15 is 0 Å². The number of fused-ring (bicyclic) bond motifs is 6. The highest BCUT2D eigenvalue weighted by molar-refractivity contribution is 6.11. The fraction of sp³-hybridized carbons (Fsp3) is 0.0357. The summed E-state index contributed by atoms with van der Waals surface area (Å²) in [5, 5.41) is 4.88. The van der Waals surface area contributed by atoms with Gasteiger partial charge >= 0.3 is 0 Å². The molecule has 2 aromatic heterocycles. The Hall–Kier alpha value is -7.82. The monoisotopic (exact) mass is 770 g/mol. The van der Waals surface area contributed by atoms with E-state index in [0.717, 1.165) is 56.5 Å². The number of rotatable bonds is 8. The third-order valence-electron chi connectivity index (χ3n) is 11.8. The lowest BCUT2D eigenvalue weighted by Crippen LogP contribution is -2.12. The van der Waals surface area contributed by atoms with Crippen LogP contribution in [0, 0.1) is 13.8 Å². The zero-order valence-corrected chi connectivity index (χ0v) is 33.6. The Bertz CT molecular complexity index is 3190. The average Bonchev–Trinajstić information content (AvgIpc) is 3.81. The van der Waals surface area contributed by atoms with Crippen LogP contribution in [0.3, 0.4) is 0 Å². The van der Waals surface area contributed by atoms with E-state index in [2.05, 4.69) is 251 Å². The zero-order valence-electron chi connectivity index (χ0n) is 33.6. The van der Waals surface area contributed by atoms with Crippen molar-refractivity contribution in [1.29, 1.82) is 0 Å². The Kier molecular flexibility index (Phi) is 8.56. The van der Waals surface area contributed by atoms with Crippen LogP contribution in [0.15, 0.2) is 218 Å². The molecule has 286 valence electrons. The van der Waals surface area contributed by atoms with Gasteiger partial charge in [-0.2, -0.15) is 0 Å². The van der Waals surface area contributed by atoms with Crippen LogP contribution in [0.25, 0.3) is 55.0 Å². The highest BCUT2D eigenvalue weighted by Gasteiger charge is 2.22. The van der Waals surface area contributed by atoms with Crippen molar-refractivity contribution in [1.82, 2.24) is 9.13 Å². The van der Waals surface area contributed by atoms with Crippen molar-refractivity contribution in [3.05, 3.63) is 230 Å². The first kappa shape index (κ1) is 35.4. The lowest BCUT2D eigenvalue weighted by Gasteiger charge is -2.28. The fourth-order valence-electron chi connectivity index (χ4n) is 8.98. The second kappa shape index (κ2) is 14.5. The minimum atomic E-state index is 1.06. The maximum absolute atomic E-state index is 2.46. The van der Waals surface area contributed by atoms with E-state index in [1.165, 1.54) is 43.7 Å². The molecule has 0 amide bonds. The molecule has 0 saturated carbocycles. The van der Waals surface area contributed by atoms with Crippen molar-refractivity contribution in [2.45, 2.75) is 13.8 Å². The normalized spacial score (nSPS) is 11.5. The summed E-state index contributed by atoms with van der Waals surface area (Å²) in [6.07, 6.45) is 0. The number of anilines is 6. The van der Waals surface area contributed by atoms with Crippen LogP contribution >= 0.6 is 0 Å². The Balaban J connectivity index is 1.23. The van der Waals surface area contributed by atoms with E-state index in [-0.39, 0.29) is 0 Å². The molecule has 0 saturated heterocycles. The van der Waals surface area contributed by atoms with Crippen molar-refractivity contribution < 1.29 is 0 Å². The molecule has 0 atom stereocenters. The molecule has 60 heavy (non-hydrogen) atoms. The molecule has 11 rings (SSSR count). The first-order valence-electron chi connectivity index (χ1n) is 20.6. The molecule has 0 aliphatic heterocycles. The van der Waals surface area contributed by atoms with Gasteiger partial charge < -0.3 is 18.9 Å². The molecular formula is C56H42N4. The van der Waals surface area contributed by atoms with Crippen LogP contribution in [0.2, 0.25) is 0 Å². The first-order chi connectivity index (χ1) is 29.6. The summed E-state index contributed by atoms with van der Waals surface area (Å²) in [5.41, 5.74) is 15.8. The van der Waals surface area contributed by atoms with Gasteiger partial charge in [0.25, 0.3) is 0 Å². The largest absolute Gasteiger partial charge is 0.310 e. The number of aryl methyl sites for hydroxylation is 2. The summed E-state index contributed by atoms with van der Waals surface area (Å²) in [7, 11) is 0. The molecular weight excluding hydrogens is 729 g/mol. The molecule has 0 N–H and O–H groups in total. The van der Waals surface area contributed by atoms with E-state index in [4.69, 9.17) is 0 Å². The summed E-state index contributed by atoms with van der Waals surface area (Å²) in [6.45, 7) is 4.29. The maximum atomic E-state index is 2.46. The van der Waals surface area contributed by atoms with E-state index in [1.807, 2.05) is 0 Å². The van der Waals surface area contributed by atoms with Crippen molar-refractivity contribution in [3.63, 3.8) is 0 Å². The number of aromatic nitrogens is 2. The summed E-state index contributed by atoms with van der Waals surface area (Å²) in [5.74, 6) is 0. The lowest BCUT2D eigenvalue weighted by molar-refractivity contribution is 1.12. The van der Waals surface area contributed by atoms with Gasteiger partial charge in [0.05, 0.1) is 39.1 Å². The van der Waals surface area contributed by atoms with Gasteiger partial charge in [-0.3, -0.25) is 0 Å². The lowest BCUT2D eigenvalue weighted by atomic mass is 10.1. The van der Waals surface area contributed by atoms with Gasteiger partial charge in [-0.05, 0) is 111 Å². The standard InChI is InChI=1S/C56H42N4/c1-39-25-29-43(30-26-39)58(44-31-27-40(2)28-32-44)46-35-47(59-53-22-12-9-19-49(53)50-20-10-13-23-54(50)59)37-48(36-46)60-55-24-14-11-21-51(55)52-34-33-45(38-56(52)60)57(41-15-5-3-6-16-41)42-17-7-4-8-18-42/h3-38H,1-2H3. The molecule has 4 nitrogen and oxygen atoms in total. The quantitative estimate of drug-likeness (QED) is 0.153. The summed E-state index contributed by atoms with van der Waals surface area (Å²) < 4.78 is 4.90. The molecule has 11 aromatic rings. The molecule has 0 fully saturated rings. The van der Waals surface area contributed by atoms with Gasteiger partial charge in [-0.1, -0.05) is 132 Å². The zero-order chi connectivity index (χ0) is 40.2. The van der Waals surface area contributed by atoms with E-state index in [9.17, 15) is 0 Å². The Morgan fingerprint density at radius 2 is 0.617 bits per heavy atom. The first-order valence-corrected chi connectivity index (χ1v) is 20.6. The molecule has 0 unspecified atom stereocenters. The predicted octanol–water partition coefficient (Wildman–Crippen LogP) is 15.4. The smallest absolute Gasteiger partial charge is 0.0561 e. The number of nitrogens with zero attached hydrogens (tertiary/aromatic N) is 4. The molecule has 0 radical (unpaired) electrons. The van der Waals surface area contributed by atoms with Gasteiger partial charge in [-0.15, -0.1) is 0 Å². The van der Waals surface area contributed by atoms with Crippen LogP contribution in [-0.2, 0) is 0 Å². The molecule has 0 spiro atoms. The fourth-order valence-corrected chi connectivity index (χ4v) is 8.98. The van der Waals surface area contributed by atoms with Crippen molar-refractivity contribution in [2.24, 2.45) is 0 Å². The third kappa shape index (κ3) is 6.00. The van der Waals surface area contributed by atoms with Crippen molar-refractivity contribution >= 4 is 77.7 Å². The minimum absolute atomic E-state index is 1.06. The summed E-state index contributed by atoms with van der Waals surface area (Å²) in [6, 6.07) is 79.4. The highest BCUT2D eigenvalue weighted by Crippen LogP contribution is 2.43. The molecule has 0 aliphatic rings. The molecule has 2 heterocycles. The second-order valence-corrected chi connectivity index (χ2v) is 15.6. The SMILES string of the molecule is Cc1ccc(N(c2ccc(C)cc2)c2cc(-n3c4ccccc4c4ccccc43)cc(-n3c4ccccc4c4ccc(N(c5ccccc5)c5ccccc5)cc43)c2)cc1. The third-order valence-corrected chi connectivity index (χ3v) is 11.8. The summed E-state index contributed by atoms with van der Waals surface area (Å²) in [4.78, 5) is 4.74. The average molecular weight is 771 g/mol. The van der Waals surface area contributed by atoms with Gasteiger partial charge in [0.2, 0.25) is 0 Å².